The van der Waals surface area contributed by atoms with Crippen LogP contribution >= 0.6 is 27.5 Å². The molecule has 1 N–H and O–H groups in total. The molecule has 0 radical (unpaired) electrons. The molecule has 0 bridgehead atoms. The molecule has 2 aromatic rings. The summed E-state index contributed by atoms with van der Waals surface area (Å²) >= 11 is 9.16. The first-order chi connectivity index (χ1) is 11.0. The largest absolute Gasteiger partial charge is 0.496 e. The van der Waals surface area contributed by atoms with Gasteiger partial charge < -0.3 is 14.8 Å². The summed E-state index contributed by atoms with van der Waals surface area (Å²) in [6, 6.07) is 11.6. The fourth-order valence-electron chi connectivity index (χ4n) is 1.78. The van der Waals surface area contributed by atoms with Crippen molar-refractivity contribution in [3.63, 3.8) is 0 Å². The number of benzene rings is 2. The van der Waals surface area contributed by atoms with Crippen LogP contribution in [0.25, 0.3) is 0 Å². The van der Waals surface area contributed by atoms with E-state index in [4.69, 9.17) is 21.1 Å². The zero-order chi connectivity index (χ0) is 16.8. The molecule has 0 aromatic heterocycles. The van der Waals surface area contributed by atoms with E-state index in [2.05, 4.69) is 21.2 Å². The average Bonchev–Trinajstić information content (AvgIpc) is 2.54. The standard InChI is InChI=1S/C16H13BrClNO4/c1-22-14-7-4-11(18)8-13(14)16(21)23-9-15(20)19-12-5-2-10(17)3-6-12/h2-8H,9H2,1H3,(H,19,20). The van der Waals surface area contributed by atoms with Gasteiger partial charge in [0.1, 0.15) is 11.3 Å². The Morgan fingerprint density at radius 1 is 1.17 bits per heavy atom. The van der Waals surface area contributed by atoms with Crippen LogP contribution in [-0.4, -0.2) is 25.6 Å². The smallest absolute Gasteiger partial charge is 0.342 e. The molecule has 0 fully saturated rings. The molecule has 0 aliphatic rings. The van der Waals surface area contributed by atoms with E-state index in [1.807, 2.05) is 0 Å². The van der Waals surface area contributed by atoms with Gasteiger partial charge in [-0.05, 0) is 42.5 Å². The number of esters is 1. The van der Waals surface area contributed by atoms with Gasteiger partial charge in [-0.1, -0.05) is 27.5 Å². The number of carbonyl (C=O) groups is 2. The number of hydrogen-bond donors (Lipinski definition) is 1. The summed E-state index contributed by atoms with van der Waals surface area (Å²) in [4.78, 5) is 23.8. The Kier molecular flexibility index (Phi) is 6.01. The van der Waals surface area contributed by atoms with Gasteiger partial charge in [-0.25, -0.2) is 4.79 Å². The van der Waals surface area contributed by atoms with E-state index in [1.54, 1.807) is 36.4 Å². The lowest BCUT2D eigenvalue weighted by molar-refractivity contribution is -0.119. The summed E-state index contributed by atoms with van der Waals surface area (Å²) in [6.07, 6.45) is 0. The van der Waals surface area contributed by atoms with Crippen LogP contribution in [0.4, 0.5) is 5.69 Å². The first-order valence-corrected chi connectivity index (χ1v) is 7.73. The van der Waals surface area contributed by atoms with E-state index in [9.17, 15) is 9.59 Å². The molecule has 7 heteroatoms. The highest BCUT2D eigenvalue weighted by Gasteiger charge is 2.16. The van der Waals surface area contributed by atoms with Crippen LogP contribution in [0.15, 0.2) is 46.9 Å². The maximum absolute atomic E-state index is 12.0. The Labute approximate surface area is 146 Å². The van der Waals surface area contributed by atoms with E-state index in [0.29, 0.717) is 16.5 Å². The highest BCUT2D eigenvalue weighted by atomic mass is 79.9. The molecule has 0 spiro atoms. The van der Waals surface area contributed by atoms with Crippen molar-refractivity contribution in [3.8, 4) is 5.75 Å². The molecule has 120 valence electrons. The van der Waals surface area contributed by atoms with E-state index >= 15 is 0 Å². The summed E-state index contributed by atoms with van der Waals surface area (Å²) < 4.78 is 11.0. The number of nitrogens with one attached hydrogen (secondary N) is 1. The molecule has 2 aromatic carbocycles. The third-order valence-corrected chi connectivity index (χ3v) is 3.61. The number of anilines is 1. The Hall–Kier alpha value is -2.05. The Morgan fingerprint density at radius 3 is 2.52 bits per heavy atom. The van der Waals surface area contributed by atoms with E-state index < -0.39 is 18.5 Å². The van der Waals surface area contributed by atoms with Crippen molar-refractivity contribution in [1.82, 2.24) is 0 Å². The molecule has 0 aliphatic heterocycles. The van der Waals surface area contributed by atoms with Crippen molar-refractivity contribution >= 4 is 45.1 Å². The molecule has 2 rings (SSSR count). The van der Waals surface area contributed by atoms with Crippen molar-refractivity contribution < 1.29 is 19.1 Å². The van der Waals surface area contributed by atoms with E-state index in [0.717, 1.165) is 4.47 Å². The van der Waals surface area contributed by atoms with Gasteiger partial charge in [0.25, 0.3) is 5.91 Å². The second kappa shape index (κ2) is 7.99. The average molecular weight is 399 g/mol. The molecule has 1 amide bonds. The quantitative estimate of drug-likeness (QED) is 0.776. The third kappa shape index (κ3) is 4.97. The summed E-state index contributed by atoms with van der Waals surface area (Å²) in [6.45, 7) is -0.412. The van der Waals surface area contributed by atoms with Gasteiger partial charge in [0.2, 0.25) is 0 Å². The van der Waals surface area contributed by atoms with Gasteiger partial charge in [-0.2, -0.15) is 0 Å². The van der Waals surface area contributed by atoms with Gasteiger partial charge in [0.15, 0.2) is 6.61 Å². The van der Waals surface area contributed by atoms with Crippen molar-refractivity contribution in [2.75, 3.05) is 19.0 Å². The van der Waals surface area contributed by atoms with Crippen LogP contribution in [0, 0.1) is 0 Å². The van der Waals surface area contributed by atoms with Gasteiger partial charge >= 0.3 is 5.97 Å². The molecule has 0 aliphatic carbocycles. The number of ether oxygens (including phenoxy) is 2. The van der Waals surface area contributed by atoms with Crippen molar-refractivity contribution in [1.29, 1.82) is 0 Å². The molecule has 0 heterocycles. The Balaban J connectivity index is 1.95. The predicted molar refractivity (Wildman–Crippen MR) is 91.1 cm³/mol. The zero-order valence-electron chi connectivity index (χ0n) is 12.1. The highest BCUT2D eigenvalue weighted by Crippen LogP contribution is 2.23. The van der Waals surface area contributed by atoms with E-state index in [1.165, 1.54) is 13.2 Å². The number of amides is 1. The number of hydrogen-bond acceptors (Lipinski definition) is 4. The van der Waals surface area contributed by atoms with Gasteiger partial charge in [0, 0.05) is 15.2 Å². The Bertz CT molecular complexity index is 719. The predicted octanol–water partition coefficient (Wildman–Crippen LogP) is 3.91. The van der Waals surface area contributed by atoms with Crippen LogP contribution in [0.1, 0.15) is 10.4 Å². The number of halogens is 2. The number of rotatable bonds is 5. The van der Waals surface area contributed by atoms with Gasteiger partial charge in [-0.3, -0.25) is 4.79 Å². The zero-order valence-corrected chi connectivity index (χ0v) is 14.5. The highest BCUT2D eigenvalue weighted by molar-refractivity contribution is 9.10. The topological polar surface area (TPSA) is 64.6 Å². The van der Waals surface area contributed by atoms with Crippen LogP contribution in [0.5, 0.6) is 5.75 Å². The fraction of sp³-hybridized carbons (Fsp3) is 0.125. The first kappa shape index (κ1) is 17.3. The van der Waals surface area contributed by atoms with Gasteiger partial charge in [0.05, 0.1) is 7.11 Å². The summed E-state index contributed by atoms with van der Waals surface area (Å²) in [5, 5.41) is 2.99. The molecule has 0 unspecified atom stereocenters. The van der Waals surface area contributed by atoms with Crippen molar-refractivity contribution in [3.05, 3.63) is 57.5 Å². The van der Waals surface area contributed by atoms with Crippen LogP contribution in [-0.2, 0) is 9.53 Å². The minimum Gasteiger partial charge on any atom is -0.496 e. The second-order valence-electron chi connectivity index (χ2n) is 4.48. The summed E-state index contributed by atoms with van der Waals surface area (Å²) in [5.74, 6) is -0.801. The normalized spacial score (nSPS) is 10.0. The fourth-order valence-corrected chi connectivity index (χ4v) is 2.22. The lowest BCUT2D eigenvalue weighted by Crippen LogP contribution is -2.21. The summed E-state index contributed by atoms with van der Waals surface area (Å²) in [7, 11) is 1.43. The molecular formula is C16H13BrClNO4. The summed E-state index contributed by atoms with van der Waals surface area (Å²) in [5.41, 5.74) is 0.769. The number of carbonyl (C=O) groups excluding carboxylic acids is 2. The molecular weight excluding hydrogens is 386 g/mol. The maximum Gasteiger partial charge on any atom is 0.342 e. The monoisotopic (exact) mass is 397 g/mol. The van der Waals surface area contributed by atoms with Crippen molar-refractivity contribution in [2.24, 2.45) is 0 Å². The van der Waals surface area contributed by atoms with Gasteiger partial charge in [-0.15, -0.1) is 0 Å². The molecule has 5 nitrogen and oxygen atoms in total. The van der Waals surface area contributed by atoms with E-state index in [-0.39, 0.29) is 5.56 Å². The molecule has 0 atom stereocenters. The second-order valence-corrected chi connectivity index (χ2v) is 5.83. The minimum absolute atomic E-state index is 0.163. The lowest BCUT2D eigenvalue weighted by atomic mass is 10.2. The van der Waals surface area contributed by atoms with Crippen LogP contribution < -0.4 is 10.1 Å². The Morgan fingerprint density at radius 2 is 1.87 bits per heavy atom. The molecule has 23 heavy (non-hydrogen) atoms. The first-order valence-electron chi connectivity index (χ1n) is 6.55. The number of methoxy groups -OCH3 is 1. The minimum atomic E-state index is -0.685. The lowest BCUT2D eigenvalue weighted by Gasteiger charge is -2.09. The van der Waals surface area contributed by atoms with Crippen molar-refractivity contribution in [2.45, 2.75) is 0 Å². The van der Waals surface area contributed by atoms with Crippen LogP contribution in [0.2, 0.25) is 5.02 Å². The maximum atomic E-state index is 12.0. The van der Waals surface area contributed by atoms with Crippen LogP contribution in [0.3, 0.4) is 0 Å². The molecule has 0 saturated heterocycles. The molecule has 0 saturated carbocycles. The SMILES string of the molecule is COc1ccc(Cl)cc1C(=O)OCC(=O)Nc1ccc(Br)cc1. The third-order valence-electron chi connectivity index (χ3n) is 2.84.